The van der Waals surface area contributed by atoms with Crippen LogP contribution in [-0.2, 0) is 4.79 Å². The number of imide groups is 1. The highest BCUT2D eigenvalue weighted by atomic mass is 16.6. The molecule has 0 radical (unpaired) electrons. The molecule has 0 saturated heterocycles. The molecule has 0 aliphatic carbocycles. The van der Waals surface area contributed by atoms with E-state index in [1.54, 1.807) is 7.05 Å². The summed E-state index contributed by atoms with van der Waals surface area (Å²) in [7, 11) is 1.56. The van der Waals surface area contributed by atoms with Crippen molar-refractivity contribution in [2.45, 2.75) is 26.8 Å². The van der Waals surface area contributed by atoms with Crippen molar-refractivity contribution < 1.29 is 19.3 Å². The summed E-state index contributed by atoms with van der Waals surface area (Å²) in [6.07, 6.45) is 0. The summed E-state index contributed by atoms with van der Waals surface area (Å²) in [5.74, 6) is -2.01. The molecule has 1 atom stereocenters. The number of nitrogens with zero attached hydrogens (tertiary/aromatic N) is 3. The molecule has 0 N–H and O–H groups in total. The number of nitro groups is 1. The van der Waals surface area contributed by atoms with Crippen molar-refractivity contribution in [3.05, 3.63) is 68.8 Å². The van der Waals surface area contributed by atoms with Crippen molar-refractivity contribution in [1.82, 2.24) is 4.90 Å². The topological polar surface area (TPSA) is 101 Å². The van der Waals surface area contributed by atoms with Crippen molar-refractivity contribution >= 4 is 29.1 Å². The molecule has 28 heavy (non-hydrogen) atoms. The molecule has 1 aliphatic heterocycles. The van der Waals surface area contributed by atoms with E-state index >= 15 is 0 Å². The van der Waals surface area contributed by atoms with E-state index in [1.165, 1.54) is 30.0 Å². The van der Waals surface area contributed by atoms with Gasteiger partial charge in [-0.2, -0.15) is 0 Å². The van der Waals surface area contributed by atoms with Crippen LogP contribution in [0.15, 0.2) is 36.4 Å². The van der Waals surface area contributed by atoms with Gasteiger partial charge in [0.2, 0.25) is 5.91 Å². The summed E-state index contributed by atoms with van der Waals surface area (Å²) in [6.45, 7) is 5.25. The molecule has 8 heteroatoms. The maximum atomic E-state index is 13.0. The first kappa shape index (κ1) is 19.2. The summed E-state index contributed by atoms with van der Waals surface area (Å²) in [4.78, 5) is 51.1. The number of hydrogen-bond donors (Lipinski definition) is 0. The summed E-state index contributed by atoms with van der Waals surface area (Å²) >= 11 is 0. The Labute approximate surface area is 161 Å². The zero-order valence-electron chi connectivity index (χ0n) is 15.9. The average molecular weight is 381 g/mol. The molecule has 0 bridgehead atoms. The van der Waals surface area contributed by atoms with E-state index in [-0.39, 0.29) is 11.1 Å². The van der Waals surface area contributed by atoms with Crippen LogP contribution in [0.2, 0.25) is 0 Å². The fourth-order valence-electron chi connectivity index (χ4n) is 3.45. The second-order valence-corrected chi connectivity index (χ2v) is 6.86. The fourth-order valence-corrected chi connectivity index (χ4v) is 3.45. The summed E-state index contributed by atoms with van der Waals surface area (Å²) < 4.78 is 0. The minimum absolute atomic E-state index is 0.0621. The third kappa shape index (κ3) is 3.02. The molecule has 3 amide bonds. The quantitative estimate of drug-likeness (QED) is 0.460. The SMILES string of the molecule is Cc1cc(C)cc(N(C)C(=O)C(C)N2C(=O)c3cccc([N+](=O)[O-])c3C2=O)c1. The van der Waals surface area contributed by atoms with Crippen molar-refractivity contribution in [1.29, 1.82) is 0 Å². The van der Waals surface area contributed by atoms with E-state index in [0.29, 0.717) is 5.69 Å². The van der Waals surface area contributed by atoms with Crippen LogP contribution in [0.4, 0.5) is 11.4 Å². The van der Waals surface area contributed by atoms with Gasteiger partial charge in [0.15, 0.2) is 0 Å². The lowest BCUT2D eigenvalue weighted by Crippen LogP contribution is -2.48. The van der Waals surface area contributed by atoms with Gasteiger partial charge in [-0.1, -0.05) is 12.1 Å². The highest BCUT2D eigenvalue weighted by Crippen LogP contribution is 2.32. The van der Waals surface area contributed by atoms with Crippen LogP contribution in [-0.4, -0.2) is 40.6 Å². The molecular formula is C20H19N3O5. The lowest BCUT2D eigenvalue weighted by molar-refractivity contribution is -0.385. The van der Waals surface area contributed by atoms with E-state index in [1.807, 2.05) is 32.0 Å². The number of likely N-dealkylation sites (N-methyl/N-ethyl adjacent to an activating group) is 1. The van der Waals surface area contributed by atoms with E-state index < -0.39 is 34.4 Å². The van der Waals surface area contributed by atoms with Crippen molar-refractivity contribution in [2.75, 3.05) is 11.9 Å². The number of benzene rings is 2. The van der Waals surface area contributed by atoms with Gasteiger partial charge < -0.3 is 4.90 Å². The van der Waals surface area contributed by atoms with Gasteiger partial charge in [0.25, 0.3) is 17.5 Å². The van der Waals surface area contributed by atoms with Gasteiger partial charge in [-0.3, -0.25) is 29.4 Å². The number of nitro benzene ring substituents is 1. The van der Waals surface area contributed by atoms with Crippen molar-refractivity contribution in [3.8, 4) is 0 Å². The highest BCUT2D eigenvalue weighted by Gasteiger charge is 2.45. The van der Waals surface area contributed by atoms with Crippen LogP contribution in [0.5, 0.6) is 0 Å². The van der Waals surface area contributed by atoms with Gasteiger partial charge in [0.1, 0.15) is 11.6 Å². The number of aryl methyl sites for hydroxylation is 2. The molecule has 8 nitrogen and oxygen atoms in total. The van der Waals surface area contributed by atoms with E-state index in [2.05, 4.69) is 0 Å². The Morgan fingerprint density at radius 3 is 2.29 bits per heavy atom. The lowest BCUT2D eigenvalue weighted by atomic mass is 10.1. The first-order valence-corrected chi connectivity index (χ1v) is 8.64. The smallest absolute Gasteiger partial charge is 0.282 e. The Morgan fingerprint density at radius 1 is 1.11 bits per heavy atom. The second kappa shape index (κ2) is 6.88. The molecule has 0 aromatic heterocycles. The van der Waals surface area contributed by atoms with Crippen LogP contribution in [0.25, 0.3) is 0 Å². The van der Waals surface area contributed by atoms with Crippen LogP contribution >= 0.6 is 0 Å². The molecule has 3 rings (SSSR count). The number of fused-ring (bicyclic) bond motifs is 1. The molecular weight excluding hydrogens is 362 g/mol. The predicted molar refractivity (Wildman–Crippen MR) is 102 cm³/mol. The first-order chi connectivity index (χ1) is 13.1. The molecule has 0 saturated carbocycles. The third-order valence-corrected chi connectivity index (χ3v) is 4.79. The summed E-state index contributed by atoms with van der Waals surface area (Å²) in [5, 5.41) is 11.2. The fraction of sp³-hybridized carbons (Fsp3) is 0.250. The molecule has 2 aromatic rings. The van der Waals surface area contributed by atoms with Crippen LogP contribution < -0.4 is 4.90 Å². The van der Waals surface area contributed by atoms with Crippen LogP contribution in [0, 0.1) is 24.0 Å². The standard InChI is InChI=1S/C20H19N3O5/c1-11-8-12(2)10-14(9-11)21(4)18(24)13(3)22-19(25)15-6-5-7-16(23(27)28)17(15)20(22)26/h5-10,13H,1-4H3. The highest BCUT2D eigenvalue weighted by molar-refractivity contribution is 6.25. The number of rotatable bonds is 4. The normalized spacial score (nSPS) is 14.1. The Morgan fingerprint density at radius 2 is 1.71 bits per heavy atom. The Kier molecular flexibility index (Phi) is 4.72. The number of amides is 3. The van der Waals surface area contributed by atoms with Gasteiger partial charge in [-0.05, 0) is 50.1 Å². The monoisotopic (exact) mass is 381 g/mol. The predicted octanol–water partition coefficient (Wildman–Crippen LogP) is 2.86. The molecule has 1 unspecified atom stereocenters. The van der Waals surface area contributed by atoms with Gasteiger partial charge in [0, 0.05) is 18.8 Å². The Balaban J connectivity index is 1.94. The number of carbonyl (C=O) groups excluding carboxylic acids is 3. The zero-order valence-corrected chi connectivity index (χ0v) is 15.9. The summed E-state index contributed by atoms with van der Waals surface area (Å²) in [6, 6.07) is 8.37. The number of carbonyl (C=O) groups is 3. The largest absolute Gasteiger partial charge is 0.314 e. The third-order valence-electron chi connectivity index (χ3n) is 4.79. The van der Waals surface area contributed by atoms with E-state index in [9.17, 15) is 24.5 Å². The van der Waals surface area contributed by atoms with Crippen LogP contribution in [0.1, 0.15) is 38.8 Å². The van der Waals surface area contributed by atoms with Gasteiger partial charge in [-0.15, -0.1) is 0 Å². The van der Waals surface area contributed by atoms with Crippen molar-refractivity contribution in [2.24, 2.45) is 0 Å². The van der Waals surface area contributed by atoms with Gasteiger partial charge in [-0.25, -0.2) is 0 Å². The zero-order chi connectivity index (χ0) is 20.7. The van der Waals surface area contributed by atoms with Crippen molar-refractivity contribution in [3.63, 3.8) is 0 Å². The minimum Gasteiger partial charge on any atom is -0.314 e. The van der Waals surface area contributed by atoms with Crippen LogP contribution in [0.3, 0.4) is 0 Å². The maximum absolute atomic E-state index is 13.0. The second-order valence-electron chi connectivity index (χ2n) is 6.86. The minimum atomic E-state index is -1.11. The number of hydrogen-bond acceptors (Lipinski definition) is 5. The van der Waals surface area contributed by atoms with E-state index in [0.717, 1.165) is 16.0 Å². The van der Waals surface area contributed by atoms with Gasteiger partial charge >= 0.3 is 0 Å². The van der Waals surface area contributed by atoms with E-state index in [4.69, 9.17) is 0 Å². The molecule has 144 valence electrons. The Bertz CT molecular complexity index is 1010. The average Bonchev–Trinajstić information content (AvgIpc) is 2.89. The lowest BCUT2D eigenvalue weighted by Gasteiger charge is -2.27. The Hall–Kier alpha value is -3.55. The number of anilines is 1. The molecule has 1 aliphatic rings. The first-order valence-electron chi connectivity index (χ1n) is 8.64. The molecule has 2 aromatic carbocycles. The maximum Gasteiger partial charge on any atom is 0.282 e. The summed E-state index contributed by atoms with van der Waals surface area (Å²) in [5.41, 5.74) is 1.80. The van der Waals surface area contributed by atoms with Gasteiger partial charge in [0.05, 0.1) is 10.5 Å². The molecule has 1 heterocycles. The molecule has 0 fully saturated rings. The molecule has 0 spiro atoms.